The largest absolute Gasteiger partial charge is 0.451 e. The Kier molecular flexibility index (Phi) is 3.56. The molecule has 1 aliphatic heterocycles. The Morgan fingerprint density at radius 3 is 2.69 bits per heavy atom. The second kappa shape index (κ2) is 5.68. The van der Waals surface area contributed by atoms with Gasteiger partial charge >= 0.3 is 11.8 Å². The van der Waals surface area contributed by atoms with Gasteiger partial charge in [-0.05, 0) is 12.1 Å². The lowest BCUT2D eigenvalue weighted by molar-refractivity contribution is -0.147. The van der Waals surface area contributed by atoms with E-state index < -0.39 is 23.5 Å². The van der Waals surface area contributed by atoms with Gasteiger partial charge in [-0.3, -0.25) is 4.79 Å². The van der Waals surface area contributed by atoms with Gasteiger partial charge in [-0.2, -0.15) is 13.2 Å². The zero-order valence-corrected chi connectivity index (χ0v) is 13.2. The van der Waals surface area contributed by atoms with Gasteiger partial charge in [0.25, 0.3) is 5.91 Å². The molecule has 4 rings (SSSR count). The molecule has 26 heavy (non-hydrogen) atoms. The summed E-state index contributed by atoms with van der Waals surface area (Å²) in [6.07, 6.45) is -4.61. The predicted molar refractivity (Wildman–Crippen MR) is 82.2 cm³/mol. The number of carbonyl (C=O) groups is 1. The monoisotopic (exact) mass is 364 g/mol. The Balaban J connectivity index is 1.65. The topological polar surface area (TPSA) is 81.2 Å². The highest BCUT2D eigenvalue weighted by molar-refractivity contribution is 5.96. The number of alkyl halides is 3. The zero-order chi connectivity index (χ0) is 18.5. The normalized spacial score (nSPS) is 14.5. The van der Waals surface area contributed by atoms with E-state index >= 15 is 0 Å². The molecule has 1 aromatic carbocycles. The van der Waals surface area contributed by atoms with E-state index in [2.05, 4.69) is 10.2 Å². The maximum absolute atomic E-state index is 12.9. The highest BCUT2D eigenvalue weighted by atomic mass is 19.4. The molecular formula is C16H11F3N4O3. The number of rotatable bonds is 1. The van der Waals surface area contributed by atoms with Gasteiger partial charge in [0.15, 0.2) is 5.82 Å². The van der Waals surface area contributed by atoms with Crippen LogP contribution in [-0.4, -0.2) is 32.1 Å². The second-order valence-corrected chi connectivity index (χ2v) is 5.80. The molecule has 0 atom stereocenters. The van der Waals surface area contributed by atoms with Crippen molar-refractivity contribution in [3.05, 3.63) is 58.0 Å². The summed E-state index contributed by atoms with van der Waals surface area (Å²) in [4.78, 5) is 26.0. The molecule has 134 valence electrons. The van der Waals surface area contributed by atoms with Crippen LogP contribution in [0.2, 0.25) is 0 Å². The van der Waals surface area contributed by atoms with Gasteiger partial charge in [-0.1, -0.05) is 18.2 Å². The summed E-state index contributed by atoms with van der Waals surface area (Å²) in [6.45, 7) is -0.283. The van der Waals surface area contributed by atoms with Gasteiger partial charge in [0, 0.05) is 18.5 Å². The number of aromatic nitrogens is 3. The molecule has 3 heterocycles. The molecule has 0 radical (unpaired) electrons. The van der Waals surface area contributed by atoms with Gasteiger partial charge in [-0.25, -0.2) is 4.79 Å². The van der Waals surface area contributed by atoms with E-state index in [9.17, 15) is 22.8 Å². The summed E-state index contributed by atoms with van der Waals surface area (Å²) in [7, 11) is 0. The van der Waals surface area contributed by atoms with Crippen molar-refractivity contribution in [1.29, 1.82) is 0 Å². The predicted octanol–water partition coefficient (Wildman–Crippen LogP) is 2.06. The number of hydrogen-bond acceptors (Lipinski definition) is 5. The van der Waals surface area contributed by atoms with E-state index in [4.69, 9.17) is 4.42 Å². The number of fused-ring (bicyclic) bond motifs is 2. The van der Waals surface area contributed by atoms with Gasteiger partial charge in [0.05, 0.1) is 6.54 Å². The molecule has 0 spiro atoms. The Bertz CT molecular complexity index is 1070. The molecule has 1 aliphatic rings. The van der Waals surface area contributed by atoms with Crippen LogP contribution in [0, 0.1) is 0 Å². The molecule has 0 N–H and O–H groups in total. The van der Waals surface area contributed by atoms with Crippen molar-refractivity contribution in [3.63, 3.8) is 0 Å². The summed E-state index contributed by atoms with van der Waals surface area (Å²) in [5.41, 5.74) is -0.619. The molecule has 0 saturated carbocycles. The van der Waals surface area contributed by atoms with Crippen LogP contribution in [0.1, 0.15) is 22.0 Å². The molecule has 3 aromatic rings. The van der Waals surface area contributed by atoms with Crippen molar-refractivity contribution in [2.24, 2.45) is 0 Å². The summed E-state index contributed by atoms with van der Waals surface area (Å²) in [5, 5.41) is 7.26. The lowest BCUT2D eigenvalue weighted by atomic mass is 10.1. The van der Waals surface area contributed by atoms with Crippen molar-refractivity contribution in [2.45, 2.75) is 19.3 Å². The maximum atomic E-state index is 12.9. The average Bonchev–Trinajstić information content (AvgIpc) is 3.04. The Morgan fingerprint density at radius 1 is 1.15 bits per heavy atom. The fraction of sp³-hybridized carbons (Fsp3) is 0.250. The SMILES string of the molecule is O=C(c1cc2ccccc2oc1=O)N1CCn2c(nnc2C(F)(F)F)C1. The molecule has 0 bridgehead atoms. The fourth-order valence-corrected chi connectivity index (χ4v) is 2.92. The van der Waals surface area contributed by atoms with Crippen molar-refractivity contribution < 1.29 is 22.4 Å². The first-order chi connectivity index (χ1) is 12.3. The maximum Gasteiger partial charge on any atom is 0.451 e. The van der Waals surface area contributed by atoms with E-state index in [0.29, 0.717) is 11.0 Å². The quantitative estimate of drug-likeness (QED) is 0.618. The van der Waals surface area contributed by atoms with E-state index in [0.717, 1.165) is 4.57 Å². The van der Waals surface area contributed by atoms with Crippen LogP contribution in [0.25, 0.3) is 11.0 Å². The molecule has 10 heteroatoms. The van der Waals surface area contributed by atoms with Crippen molar-refractivity contribution in [2.75, 3.05) is 6.54 Å². The van der Waals surface area contributed by atoms with Crippen molar-refractivity contribution >= 4 is 16.9 Å². The van der Waals surface area contributed by atoms with E-state index in [1.54, 1.807) is 24.3 Å². The molecule has 2 aromatic heterocycles. The van der Waals surface area contributed by atoms with E-state index in [1.807, 2.05) is 0 Å². The number of para-hydroxylation sites is 1. The van der Waals surface area contributed by atoms with Gasteiger partial charge in [0.1, 0.15) is 11.1 Å². The van der Waals surface area contributed by atoms with Crippen LogP contribution in [-0.2, 0) is 19.3 Å². The number of amides is 1. The van der Waals surface area contributed by atoms with Crippen LogP contribution in [0.4, 0.5) is 13.2 Å². The third-order valence-corrected chi connectivity index (χ3v) is 4.17. The number of hydrogen-bond donors (Lipinski definition) is 0. The first-order valence-electron chi connectivity index (χ1n) is 7.66. The number of carbonyl (C=O) groups excluding carboxylic acids is 1. The minimum absolute atomic E-state index is 0.000774. The Hall–Kier alpha value is -3.17. The fourth-order valence-electron chi connectivity index (χ4n) is 2.92. The number of benzene rings is 1. The lowest BCUT2D eigenvalue weighted by Crippen LogP contribution is -2.40. The average molecular weight is 364 g/mol. The Labute approximate surface area is 143 Å². The van der Waals surface area contributed by atoms with Crippen LogP contribution < -0.4 is 5.63 Å². The highest BCUT2D eigenvalue weighted by Crippen LogP contribution is 2.29. The van der Waals surface area contributed by atoms with Crippen LogP contribution >= 0.6 is 0 Å². The van der Waals surface area contributed by atoms with E-state index in [1.165, 1.54) is 11.0 Å². The van der Waals surface area contributed by atoms with Crippen LogP contribution in [0.15, 0.2) is 39.5 Å². The minimum atomic E-state index is -4.61. The standard InChI is InChI=1S/C16H11F3N4O3/c17-16(18,19)15-21-20-12-8-22(5-6-23(12)15)13(24)10-7-9-3-1-2-4-11(9)26-14(10)25/h1-4,7H,5-6,8H2. The van der Waals surface area contributed by atoms with Gasteiger partial charge in [-0.15, -0.1) is 10.2 Å². The molecule has 0 aliphatic carbocycles. The summed E-state index contributed by atoms with van der Waals surface area (Å²) in [5.74, 6) is -1.70. The summed E-state index contributed by atoms with van der Waals surface area (Å²) >= 11 is 0. The first-order valence-corrected chi connectivity index (χ1v) is 7.66. The smallest absolute Gasteiger partial charge is 0.422 e. The third kappa shape index (κ3) is 2.63. The van der Waals surface area contributed by atoms with Crippen LogP contribution in [0.5, 0.6) is 0 Å². The van der Waals surface area contributed by atoms with E-state index in [-0.39, 0.29) is 31.0 Å². The molecule has 0 fully saturated rings. The number of nitrogens with zero attached hydrogens (tertiary/aromatic N) is 4. The van der Waals surface area contributed by atoms with Crippen LogP contribution in [0.3, 0.4) is 0 Å². The lowest BCUT2D eigenvalue weighted by Gasteiger charge is -2.27. The first kappa shape index (κ1) is 16.3. The summed E-state index contributed by atoms with van der Waals surface area (Å²) < 4.78 is 44.7. The summed E-state index contributed by atoms with van der Waals surface area (Å²) in [6, 6.07) is 8.15. The van der Waals surface area contributed by atoms with Crippen molar-refractivity contribution in [1.82, 2.24) is 19.7 Å². The van der Waals surface area contributed by atoms with Gasteiger partial charge < -0.3 is 13.9 Å². The minimum Gasteiger partial charge on any atom is -0.422 e. The zero-order valence-electron chi connectivity index (χ0n) is 13.2. The van der Waals surface area contributed by atoms with Gasteiger partial charge in [0.2, 0.25) is 5.82 Å². The Morgan fingerprint density at radius 2 is 1.92 bits per heavy atom. The molecule has 7 nitrogen and oxygen atoms in total. The molecule has 1 amide bonds. The number of halogens is 3. The second-order valence-electron chi connectivity index (χ2n) is 5.80. The third-order valence-electron chi connectivity index (χ3n) is 4.17. The van der Waals surface area contributed by atoms with Crippen molar-refractivity contribution in [3.8, 4) is 0 Å². The molecule has 0 unspecified atom stereocenters. The highest BCUT2D eigenvalue weighted by Gasteiger charge is 2.40. The molecular weight excluding hydrogens is 353 g/mol. The molecule has 0 saturated heterocycles.